The van der Waals surface area contributed by atoms with Crippen LogP contribution in [0.2, 0.25) is 0 Å². The summed E-state index contributed by atoms with van der Waals surface area (Å²) in [6.07, 6.45) is 6.50. The number of carbonyl (C=O) groups excluding carboxylic acids is 3. The number of halogens is 1. The van der Waals surface area contributed by atoms with Gasteiger partial charge in [-0.1, -0.05) is 6.92 Å². The third kappa shape index (κ3) is 4.59. The summed E-state index contributed by atoms with van der Waals surface area (Å²) < 4.78 is 2.24. The van der Waals surface area contributed by atoms with E-state index in [0.29, 0.717) is 29.0 Å². The highest BCUT2D eigenvalue weighted by Crippen LogP contribution is 2.16. The van der Waals surface area contributed by atoms with Gasteiger partial charge in [-0.15, -0.1) is 0 Å². The molecule has 9 nitrogen and oxygen atoms in total. The minimum atomic E-state index is -0.437. The molecule has 4 heterocycles. The van der Waals surface area contributed by atoms with E-state index in [-0.39, 0.29) is 29.6 Å². The van der Waals surface area contributed by atoms with Gasteiger partial charge in [0.1, 0.15) is 5.82 Å². The van der Waals surface area contributed by atoms with Crippen LogP contribution in [0.4, 0.5) is 5.82 Å². The van der Waals surface area contributed by atoms with Crippen molar-refractivity contribution in [1.82, 2.24) is 24.5 Å². The molecule has 0 atom stereocenters. The van der Waals surface area contributed by atoms with Crippen LogP contribution in [-0.4, -0.2) is 42.1 Å². The van der Waals surface area contributed by atoms with Crippen LogP contribution in [0, 0.1) is 0 Å². The zero-order chi connectivity index (χ0) is 22.7. The maximum Gasteiger partial charge on any atom is 0.231 e. The van der Waals surface area contributed by atoms with Crippen LogP contribution in [-0.2, 0) is 11.2 Å². The van der Waals surface area contributed by atoms with Gasteiger partial charge < -0.3 is 5.32 Å². The molecule has 0 spiro atoms. The number of hydrogen-bond donors (Lipinski definition) is 1. The minimum Gasteiger partial charge on any atom is -0.310 e. The first-order chi connectivity index (χ1) is 15.4. The molecule has 1 amide bonds. The van der Waals surface area contributed by atoms with Crippen LogP contribution in [0.1, 0.15) is 40.0 Å². The Bertz CT molecular complexity index is 1320. The molecule has 10 heteroatoms. The number of anilines is 1. The van der Waals surface area contributed by atoms with E-state index in [1.807, 2.05) is 6.07 Å². The standard InChI is InChI=1S/C22H17BrN6O3/c1-2-19(31)29-8-7-14-11-26-21(28-22(14)29)20(32)13-3-6-17(25-10-13)27-18(30)9-16-5-4-15(23)12-24-16/h3-8,10-12H,2,9H2,1H3,(H,25,27,30). The molecule has 0 unspecified atom stereocenters. The zero-order valence-corrected chi connectivity index (χ0v) is 18.5. The fourth-order valence-electron chi connectivity index (χ4n) is 2.99. The van der Waals surface area contributed by atoms with Gasteiger partial charge in [0.2, 0.25) is 23.4 Å². The maximum absolute atomic E-state index is 12.8. The number of nitrogens with one attached hydrogen (secondary N) is 1. The molecule has 0 bridgehead atoms. The highest BCUT2D eigenvalue weighted by molar-refractivity contribution is 9.10. The molecule has 0 fully saturated rings. The number of nitrogens with zero attached hydrogens (tertiary/aromatic N) is 5. The lowest BCUT2D eigenvalue weighted by molar-refractivity contribution is -0.115. The number of carbonyl (C=O) groups is 3. The van der Waals surface area contributed by atoms with E-state index in [1.54, 1.807) is 31.5 Å². The molecule has 0 aliphatic rings. The lowest BCUT2D eigenvalue weighted by atomic mass is 10.2. The van der Waals surface area contributed by atoms with Crippen molar-refractivity contribution in [2.75, 3.05) is 5.32 Å². The first kappa shape index (κ1) is 21.4. The number of pyridine rings is 2. The fraction of sp³-hybridized carbons (Fsp3) is 0.136. The second-order valence-electron chi connectivity index (χ2n) is 6.86. The molecule has 0 aromatic carbocycles. The number of ketones is 1. The third-order valence-corrected chi connectivity index (χ3v) is 5.09. The Morgan fingerprint density at radius 3 is 2.53 bits per heavy atom. The Balaban J connectivity index is 1.47. The first-order valence-electron chi connectivity index (χ1n) is 9.73. The van der Waals surface area contributed by atoms with E-state index in [1.165, 1.54) is 29.1 Å². The van der Waals surface area contributed by atoms with Gasteiger partial charge in [-0.3, -0.25) is 23.9 Å². The van der Waals surface area contributed by atoms with E-state index < -0.39 is 5.78 Å². The molecule has 32 heavy (non-hydrogen) atoms. The Morgan fingerprint density at radius 2 is 1.84 bits per heavy atom. The highest BCUT2D eigenvalue weighted by Gasteiger charge is 2.17. The minimum absolute atomic E-state index is 0.0405. The largest absolute Gasteiger partial charge is 0.310 e. The quantitative estimate of drug-likeness (QED) is 0.409. The first-order valence-corrected chi connectivity index (χ1v) is 10.5. The molecular weight excluding hydrogens is 476 g/mol. The van der Waals surface area contributed by atoms with Crippen molar-refractivity contribution < 1.29 is 14.4 Å². The van der Waals surface area contributed by atoms with Crippen molar-refractivity contribution in [3.8, 4) is 0 Å². The van der Waals surface area contributed by atoms with Crippen molar-refractivity contribution in [3.05, 3.63) is 76.7 Å². The average Bonchev–Trinajstić information content (AvgIpc) is 3.23. The number of fused-ring (bicyclic) bond motifs is 1. The number of hydrogen-bond acceptors (Lipinski definition) is 7. The number of amides is 1. The van der Waals surface area contributed by atoms with Crippen molar-refractivity contribution >= 4 is 50.4 Å². The summed E-state index contributed by atoms with van der Waals surface area (Å²) in [7, 11) is 0. The Morgan fingerprint density at radius 1 is 1.00 bits per heavy atom. The molecule has 1 N–H and O–H groups in total. The molecule has 4 aromatic rings. The molecule has 4 rings (SSSR count). The van der Waals surface area contributed by atoms with Gasteiger partial charge in [0.25, 0.3) is 0 Å². The van der Waals surface area contributed by atoms with Gasteiger partial charge >= 0.3 is 0 Å². The predicted molar refractivity (Wildman–Crippen MR) is 120 cm³/mol. The van der Waals surface area contributed by atoms with E-state index in [4.69, 9.17) is 0 Å². The number of rotatable bonds is 6. The van der Waals surface area contributed by atoms with Crippen LogP contribution >= 0.6 is 15.9 Å². The van der Waals surface area contributed by atoms with Gasteiger partial charge in [-0.05, 0) is 46.3 Å². The van der Waals surface area contributed by atoms with Gasteiger partial charge in [-0.25, -0.2) is 15.0 Å². The van der Waals surface area contributed by atoms with Crippen LogP contribution < -0.4 is 5.32 Å². The van der Waals surface area contributed by atoms with E-state index >= 15 is 0 Å². The topological polar surface area (TPSA) is 120 Å². The van der Waals surface area contributed by atoms with Gasteiger partial charge in [0, 0.05) is 52.3 Å². The van der Waals surface area contributed by atoms with Crippen LogP contribution in [0.3, 0.4) is 0 Å². The van der Waals surface area contributed by atoms with Crippen molar-refractivity contribution in [1.29, 1.82) is 0 Å². The molecule has 0 saturated heterocycles. The van der Waals surface area contributed by atoms with Crippen LogP contribution in [0.25, 0.3) is 11.0 Å². The summed E-state index contributed by atoms with van der Waals surface area (Å²) in [5.41, 5.74) is 1.27. The molecule has 0 radical (unpaired) electrons. The zero-order valence-electron chi connectivity index (χ0n) is 16.9. The molecule has 160 valence electrons. The van der Waals surface area contributed by atoms with Crippen LogP contribution in [0.5, 0.6) is 0 Å². The summed E-state index contributed by atoms with van der Waals surface area (Å²) in [4.78, 5) is 53.8. The average molecular weight is 493 g/mol. The summed E-state index contributed by atoms with van der Waals surface area (Å²) in [6.45, 7) is 1.75. The molecule has 4 aromatic heterocycles. The number of aromatic nitrogens is 5. The van der Waals surface area contributed by atoms with Crippen molar-refractivity contribution in [2.24, 2.45) is 0 Å². The maximum atomic E-state index is 12.8. The second kappa shape index (κ2) is 9.15. The second-order valence-corrected chi connectivity index (χ2v) is 7.78. The summed E-state index contributed by atoms with van der Waals surface area (Å²) in [6, 6.07) is 8.34. The molecule has 0 aliphatic carbocycles. The van der Waals surface area contributed by atoms with E-state index in [2.05, 4.69) is 41.2 Å². The van der Waals surface area contributed by atoms with E-state index in [0.717, 1.165) is 4.47 Å². The Hall–Kier alpha value is -3.79. The predicted octanol–water partition coefficient (Wildman–Crippen LogP) is 3.45. The Kier molecular flexibility index (Phi) is 6.13. The molecular formula is C22H17BrN6O3. The summed E-state index contributed by atoms with van der Waals surface area (Å²) in [5.74, 6) is -0.574. The highest BCUT2D eigenvalue weighted by atomic mass is 79.9. The Labute approximate surface area is 191 Å². The molecule has 0 saturated carbocycles. The monoisotopic (exact) mass is 492 g/mol. The van der Waals surface area contributed by atoms with Crippen molar-refractivity contribution in [2.45, 2.75) is 19.8 Å². The summed E-state index contributed by atoms with van der Waals surface area (Å²) >= 11 is 3.30. The van der Waals surface area contributed by atoms with E-state index in [9.17, 15) is 14.4 Å². The smallest absolute Gasteiger partial charge is 0.231 e. The van der Waals surface area contributed by atoms with Crippen molar-refractivity contribution in [3.63, 3.8) is 0 Å². The third-order valence-electron chi connectivity index (χ3n) is 4.62. The lowest BCUT2D eigenvalue weighted by Crippen LogP contribution is -2.16. The SMILES string of the molecule is CCC(=O)n1ccc2cnc(C(=O)c3ccc(NC(=O)Cc4ccc(Br)cn4)nc3)nc21. The lowest BCUT2D eigenvalue weighted by Gasteiger charge is -2.06. The molecule has 0 aliphatic heterocycles. The summed E-state index contributed by atoms with van der Waals surface area (Å²) in [5, 5.41) is 3.34. The normalized spacial score (nSPS) is 10.8. The van der Waals surface area contributed by atoms with Gasteiger partial charge in [-0.2, -0.15) is 0 Å². The fourth-order valence-corrected chi connectivity index (χ4v) is 3.23. The van der Waals surface area contributed by atoms with Gasteiger partial charge in [0.15, 0.2) is 5.65 Å². The van der Waals surface area contributed by atoms with Crippen LogP contribution in [0.15, 0.2) is 59.6 Å². The van der Waals surface area contributed by atoms with Gasteiger partial charge in [0.05, 0.1) is 6.42 Å².